The second kappa shape index (κ2) is 7.87. The van der Waals surface area contributed by atoms with Gasteiger partial charge < -0.3 is 9.30 Å². The minimum Gasteiger partial charge on any atom is -0.459 e. The van der Waals surface area contributed by atoms with Crippen molar-refractivity contribution >= 4 is 35.0 Å². The molecular weight excluding hydrogens is 390 g/mol. The summed E-state index contributed by atoms with van der Waals surface area (Å²) >= 11 is 0.822. The van der Waals surface area contributed by atoms with Gasteiger partial charge in [0.15, 0.2) is 0 Å². The molecule has 3 heterocycles. The molecule has 1 saturated heterocycles. The maximum Gasteiger partial charge on any atom is 0.326 e. The van der Waals surface area contributed by atoms with Gasteiger partial charge >= 0.3 is 5.97 Å². The Hall–Kier alpha value is -2.87. The van der Waals surface area contributed by atoms with Gasteiger partial charge in [0, 0.05) is 17.6 Å². The van der Waals surface area contributed by atoms with E-state index in [4.69, 9.17) is 4.74 Å². The van der Waals surface area contributed by atoms with E-state index in [2.05, 4.69) is 4.98 Å². The number of carbonyl (C=O) groups excluding carboxylic acids is 3. The van der Waals surface area contributed by atoms with Gasteiger partial charge in [-0.15, -0.1) is 0 Å². The second-order valence-electron chi connectivity index (χ2n) is 7.70. The molecule has 1 aliphatic rings. The quantitative estimate of drug-likeness (QED) is 0.559. The number of carbonyl (C=O) groups is 3. The Morgan fingerprint density at radius 1 is 1.24 bits per heavy atom. The first-order chi connectivity index (χ1) is 13.6. The van der Waals surface area contributed by atoms with Crippen LogP contribution in [0.25, 0.3) is 11.9 Å². The van der Waals surface area contributed by atoms with E-state index in [1.165, 1.54) is 0 Å². The molecule has 1 fully saturated rings. The van der Waals surface area contributed by atoms with Crippen molar-refractivity contribution in [3.63, 3.8) is 0 Å². The van der Waals surface area contributed by atoms with E-state index in [1.54, 1.807) is 33.0 Å². The summed E-state index contributed by atoms with van der Waals surface area (Å²) in [5.41, 5.74) is 1.99. The molecule has 0 spiro atoms. The first kappa shape index (κ1) is 20.9. The Morgan fingerprint density at radius 2 is 1.97 bits per heavy atom. The Kier molecular flexibility index (Phi) is 5.66. The molecule has 2 aromatic heterocycles. The summed E-state index contributed by atoms with van der Waals surface area (Å²) in [6, 6.07) is 7.59. The maximum atomic E-state index is 12.7. The van der Waals surface area contributed by atoms with Gasteiger partial charge in [0.05, 0.1) is 4.91 Å². The molecule has 2 aromatic rings. The van der Waals surface area contributed by atoms with Gasteiger partial charge in [0.25, 0.3) is 11.1 Å². The molecule has 0 N–H and O–H groups in total. The molecule has 0 atom stereocenters. The fraction of sp³-hybridized carbons (Fsp3) is 0.333. The fourth-order valence-corrected chi connectivity index (χ4v) is 3.88. The highest BCUT2D eigenvalue weighted by molar-refractivity contribution is 8.18. The van der Waals surface area contributed by atoms with Gasteiger partial charge in [-0.1, -0.05) is 6.07 Å². The number of amides is 2. The van der Waals surface area contributed by atoms with Crippen molar-refractivity contribution < 1.29 is 19.1 Å². The average molecular weight is 413 g/mol. The third-order valence-electron chi connectivity index (χ3n) is 4.22. The third kappa shape index (κ3) is 4.59. The van der Waals surface area contributed by atoms with Crippen LogP contribution in [0.1, 0.15) is 37.7 Å². The van der Waals surface area contributed by atoms with Crippen molar-refractivity contribution in [1.82, 2.24) is 14.5 Å². The van der Waals surface area contributed by atoms with Crippen molar-refractivity contribution in [3.8, 4) is 5.82 Å². The van der Waals surface area contributed by atoms with Crippen LogP contribution < -0.4 is 0 Å². The molecule has 0 aromatic carbocycles. The summed E-state index contributed by atoms with van der Waals surface area (Å²) in [5, 5.41) is -0.481. The largest absolute Gasteiger partial charge is 0.459 e. The SMILES string of the molecule is Cc1cc(C=C2SC(=O)N(CC(=O)OC(C)(C)C)C2=O)c(C)n1-c1ccccn1. The smallest absolute Gasteiger partial charge is 0.326 e. The molecule has 29 heavy (non-hydrogen) atoms. The van der Waals surface area contributed by atoms with Crippen molar-refractivity contribution in [3.05, 3.63) is 52.3 Å². The maximum absolute atomic E-state index is 12.7. The third-order valence-corrected chi connectivity index (χ3v) is 5.12. The van der Waals surface area contributed by atoms with Crippen LogP contribution in [0.5, 0.6) is 0 Å². The number of hydrogen-bond acceptors (Lipinski definition) is 6. The number of hydrogen-bond donors (Lipinski definition) is 0. The number of aryl methyl sites for hydroxylation is 1. The summed E-state index contributed by atoms with van der Waals surface area (Å²) in [6.07, 6.45) is 3.40. The van der Waals surface area contributed by atoms with E-state index in [-0.39, 0.29) is 4.91 Å². The molecule has 8 heteroatoms. The predicted molar refractivity (Wildman–Crippen MR) is 112 cm³/mol. The van der Waals surface area contributed by atoms with Gasteiger partial charge in [-0.3, -0.25) is 19.3 Å². The molecule has 7 nitrogen and oxygen atoms in total. The van der Waals surface area contributed by atoms with Crippen molar-refractivity contribution in [2.45, 2.75) is 40.2 Å². The Labute approximate surface area is 173 Å². The number of rotatable bonds is 4. The van der Waals surface area contributed by atoms with Gasteiger partial charge in [-0.25, -0.2) is 4.98 Å². The van der Waals surface area contributed by atoms with Gasteiger partial charge in [-0.05, 0) is 76.2 Å². The van der Waals surface area contributed by atoms with Crippen LogP contribution in [0.4, 0.5) is 4.79 Å². The van der Waals surface area contributed by atoms with Crippen LogP contribution in [0, 0.1) is 13.8 Å². The highest BCUT2D eigenvalue weighted by Gasteiger charge is 2.37. The summed E-state index contributed by atoms with van der Waals surface area (Å²) in [7, 11) is 0. The lowest BCUT2D eigenvalue weighted by atomic mass is 10.2. The predicted octanol–water partition coefficient (Wildman–Crippen LogP) is 3.87. The highest BCUT2D eigenvalue weighted by Crippen LogP contribution is 2.33. The van der Waals surface area contributed by atoms with Crippen LogP contribution in [0.15, 0.2) is 35.4 Å². The monoisotopic (exact) mass is 413 g/mol. The molecular formula is C21H23N3O4S. The number of ether oxygens (including phenoxy) is 1. The lowest BCUT2D eigenvalue weighted by Crippen LogP contribution is -2.37. The molecule has 0 bridgehead atoms. The number of imide groups is 1. The zero-order valence-electron chi connectivity index (χ0n) is 17.1. The Bertz CT molecular complexity index is 1000. The minimum absolute atomic E-state index is 0.278. The molecule has 0 saturated carbocycles. The Balaban J connectivity index is 1.84. The summed E-state index contributed by atoms with van der Waals surface area (Å²) in [6.45, 7) is 8.68. The lowest BCUT2D eigenvalue weighted by Gasteiger charge is -2.21. The van der Waals surface area contributed by atoms with Crippen LogP contribution in [-0.2, 0) is 14.3 Å². The Morgan fingerprint density at radius 3 is 2.59 bits per heavy atom. The second-order valence-corrected chi connectivity index (χ2v) is 8.70. The molecule has 0 radical (unpaired) electrons. The number of aromatic nitrogens is 2. The van der Waals surface area contributed by atoms with Crippen LogP contribution >= 0.6 is 11.8 Å². The number of esters is 1. The highest BCUT2D eigenvalue weighted by atomic mass is 32.2. The molecule has 0 unspecified atom stereocenters. The molecule has 2 amide bonds. The summed E-state index contributed by atoms with van der Waals surface area (Å²) in [5.74, 6) is -0.331. The van der Waals surface area contributed by atoms with E-state index in [0.29, 0.717) is 0 Å². The normalized spacial score (nSPS) is 16.0. The van der Waals surface area contributed by atoms with Crippen LogP contribution in [0.3, 0.4) is 0 Å². The van der Waals surface area contributed by atoms with Gasteiger partial charge in [0.2, 0.25) is 0 Å². The van der Waals surface area contributed by atoms with Crippen LogP contribution in [0.2, 0.25) is 0 Å². The van der Waals surface area contributed by atoms with Crippen molar-refractivity contribution in [2.24, 2.45) is 0 Å². The van der Waals surface area contributed by atoms with E-state index in [1.807, 2.05) is 42.7 Å². The van der Waals surface area contributed by atoms with E-state index < -0.39 is 29.3 Å². The van der Waals surface area contributed by atoms with Gasteiger partial charge in [-0.2, -0.15) is 0 Å². The van der Waals surface area contributed by atoms with Crippen molar-refractivity contribution in [2.75, 3.05) is 6.54 Å². The van der Waals surface area contributed by atoms with Crippen molar-refractivity contribution in [1.29, 1.82) is 0 Å². The van der Waals surface area contributed by atoms with E-state index in [9.17, 15) is 14.4 Å². The molecule has 1 aliphatic heterocycles. The first-order valence-corrected chi connectivity index (χ1v) is 9.96. The number of pyridine rings is 1. The zero-order chi connectivity index (χ0) is 21.3. The standard InChI is InChI=1S/C21H23N3O4S/c1-13-10-15(14(2)24(13)17-8-6-7-9-22-17)11-16-19(26)23(20(27)29-16)12-18(25)28-21(3,4)5/h6-11H,12H2,1-5H3. The fourth-order valence-electron chi connectivity index (χ4n) is 3.05. The average Bonchev–Trinajstić information content (AvgIpc) is 3.04. The van der Waals surface area contributed by atoms with E-state index >= 15 is 0 Å². The number of nitrogens with zero attached hydrogens (tertiary/aromatic N) is 3. The molecule has 0 aliphatic carbocycles. The first-order valence-electron chi connectivity index (χ1n) is 9.14. The number of thioether (sulfide) groups is 1. The minimum atomic E-state index is -0.683. The zero-order valence-corrected chi connectivity index (χ0v) is 17.9. The summed E-state index contributed by atoms with van der Waals surface area (Å²) < 4.78 is 7.20. The lowest BCUT2D eigenvalue weighted by molar-refractivity contribution is -0.156. The topological polar surface area (TPSA) is 81.5 Å². The van der Waals surface area contributed by atoms with E-state index in [0.717, 1.165) is 39.4 Å². The summed E-state index contributed by atoms with van der Waals surface area (Å²) in [4.78, 5) is 42.5. The van der Waals surface area contributed by atoms with Crippen LogP contribution in [-0.4, -0.2) is 43.7 Å². The molecule has 152 valence electrons. The van der Waals surface area contributed by atoms with Gasteiger partial charge in [0.1, 0.15) is 18.0 Å². The molecule has 3 rings (SSSR count).